The first-order chi connectivity index (χ1) is 29.8. The fraction of sp³-hybridized carbons (Fsp3) is 0. The van der Waals surface area contributed by atoms with Crippen molar-refractivity contribution in [3.8, 4) is 39.5 Å². The lowest BCUT2D eigenvalue weighted by molar-refractivity contribution is 1.02. The average Bonchev–Trinajstić information content (AvgIpc) is 3.87. The van der Waals surface area contributed by atoms with Gasteiger partial charge in [-0.05, 0) is 61.8 Å². The Labute approximate surface area is 349 Å². The molecule has 0 bridgehead atoms. The number of para-hydroxylation sites is 2. The first-order valence-electron chi connectivity index (χ1n) is 20.4. The maximum absolute atomic E-state index is 5.62. The summed E-state index contributed by atoms with van der Waals surface area (Å²) in [4.78, 5) is 11.1. The van der Waals surface area contributed by atoms with Crippen LogP contribution in [0, 0.1) is 0 Å². The van der Waals surface area contributed by atoms with Gasteiger partial charge in [-0.15, -0.1) is 11.3 Å². The molecule has 0 fully saturated rings. The zero-order chi connectivity index (χ0) is 39.3. The van der Waals surface area contributed by atoms with E-state index in [0.717, 1.165) is 38.8 Å². The predicted molar refractivity (Wildman–Crippen MR) is 256 cm³/mol. The molecule has 0 radical (unpaired) electrons. The quantitative estimate of drug-likeness (QED) is 0.167. The van der Waals surface area contributed by atoms with Gasteiger partial charge in [0.05, 0.1) is 22.2 Å². The largest absolute Gasteiger partial charge is 0.277 e. The molecule has 0 saturated carbocycles. The van der Waals surface area contributed by atoms with Crippen molar-refractivity contribution in [2.45, 2.75) is 0 Å². The summed E-state index contributed by atoms with van der Waals surface area (Å²) < 4.78 is 4.95. The van der Waals surface area contributed by atoms with E-state index in [1.807, 2.05) is 11.3 Å². The van der Waals surface area contributed by atoms with Crippen molar-refractivity contribution < 1.29 is 0 Å². The van der Waals surface area contributed by atoms with Gasteiger partial charge in [-0.1, -0.05) is 182 Å². The predicted octanol–water partition coefficient (Wildman–Crippen LogP) is 15.6. The third-order valence-electron chi connectivity index (χ3n) is 12.4. The molecular weight excluding hydrogens is 747 g/mol. The monoisotopic (exact) mass is 779 g/mol. The molecule has 0 spiro atoms. The molecule has 3 nitrogen and oxygen atoms in total. The van der Waals surface area contributed by atoms with Gasteiger partial charge in [-0.25, -0.2) is 9.97 Å². The van der Waals surface area contributed by atoms with E-state index < -0.39 is 0 Å². The molecule has 0 saturated heterocycles. The number of hydrogen-bond acceptors (Lipinski definition) is 3. The minimum atomic E-state index is 0.651. The van der Waals surface area contributed by atoms with Crippen molar-refractivity contribution in [3.63, 3.8) is 0 Å². The maximum Gasteiger partial charge on any atom is 0.235 e. The Kier molecular flexibility index (Phi) is 7.18. The van der Waals surface area contributed by atoms with Gasteiger partial charge in [0, 0.05) is 52.8 Å². The summed E-state index contributed by atoms with van der Waals surface area (Å²) in [5.74, 6) is 0.651. The molecule has 0 amide bonds. The summed E-state index contributed by atoms with van der Waals surface area (Å²) >= 11 is 1.85. The van der Waals surface area contributed by atoms with Crippen LogP contribution in [0.4, 0.5) is 0 Å². The molecule has 10 aromatic carbocycles. The van der Waals surface area contributed by atoms with Gasteiger partial charge < -0.3 is 0 Å². The second kappa shape index (κ2) is 12.9. The van der Waals surface area contributed by atoms with Crippen molar-refractivity contribution in [3.05, 3.63) is 200 Å². The Morgan fingerprint density at radius 1 is 0.350 bits per heavy atom. The minimum Gasteiger partial charge on any atom is -0.277 e. The third kappa shape index (κ3) is 4.89. The Morgan fingerprint density at radius 3 is 1.78 bits per heavy atom. The molecule has 3 aromatic heterocycles. The van der Waals surface area contributed by atoms with E-state index >= 15 is 0 Å². The van der Waals surface area contributed by atoms with Gasteiger partial charge in [0.15, 0.2) is 0 Å². The number of aromatic nitrogens is 3. The van der Waals surface area contributed by atoms with Gasteiger partial charge in [0.25, 0.3) is 0 Å². The molecule has 0 aliphatic heterocycles. The van der Waals surface area contributed by atoms with Crippen LogP contribution in [0.2, 0.25) is 0 Å². The van der Waals surface area contributed by atoms with Crippen molar-refractivity contribution >= 4 is 96.5 Å². The summed E-state index contributed by atoms with van der Waals surface area (Å²) in [5.41, 5.74) is 9.78. The van der Waals surface area contributed by atoms with Crippen LogP contribution in [0.1, 0.15) is 0 Å². The van der Waals surface area contributed by atoms with Gasteiger partial charge in [0.1, 0.15) is 0 Å². The van der Waals surface area contributed by atoms with Gasteiger partial charge in [-0.2, -0.15) is 0 Å². The van der Waals surface area contributed by atoms with Crippen LogP contribution in [0.15, 0.2) is 200 Å². The highest BCUT2D eigenvalue weighted by atomic mass is 32.1. The zero-order valence-corrected chi connectivity index (χ0v) is 33.1. The summed E-state index contributed by atoms with van der Waals surface area (Å²) in [6, 6.07) is 72.5. The van der Waals surface area contributed by atoms with E-state index in [0.29, 0.717) is 5.95 Å². The normalized spacial score (nSPS) is 12.0. The third-order valence-corrected chi connectivity index (χ3v) is 13.5. The van der Waals surface area contributed by atoms with Crippen LogP contribution in [0.3, 0.4) is 0 Å². The Bertz CT molecular complexity index is 3890. The first kappa shape index (κ1) is 33.3. The number of rotatable bonds is 4. The highest BCUT2D eigenvalue weighted by Crippen LogP contribution is 2.46. The Balaban J connectivity index is 1.12. The summed E-state index contributed by atoms with van der Waals surface area (Å²) in [6.45, 7) is 0. The maximum atomic E-state index is 5.62. The van der Waals surface area contributed by atoms with E-state index in [1.54, 1.807) is 0 Å². The van der Waals surface area contributed by atoms with Gasteiger partial charge in [0.2, 0.25) is 5.95 Å². The van der Waals surface area contributed by atoms with Crippen LogP contribution < -0.4 is 0 Å². The highest BCUT2D eigenvalue weighted by Gasteiger charge is 2.24. The Hall–Kier alpha value is -7.66. The number of thiophene rings is 1. The molecule has 4 heteroatoms. The van der Waals surface area contributed by atoms with E-state index in [2.05, 4.69) is 205 Å². The smallest absolute Gasteiger partial charge is 0.235 e. The molecule has 13 rings (SSSR count). The van der Waals surface area contributed by atoms with Crippen LogP contribution in [0.5, 0.6) is 0 Å². The van der Waals surface area contributed by atoms with Crippen molar-refractivity contribution in [1.82, 2.24) is 14.5 Å². The topological polar surface area (TPSA) is 30.7 Å². The van der Waals surface area contributed by atoms with Crippen LogP contribution >= 0.6 is 11.3 Å². The number of benzene rings is 10. The SMILES string of the molecule is c1ccc2c(-c3ccc(-c4nc(-n5c6c(-c7ccc8c(c7)sc7ccccc78)cccc6c6c7ccccc7c7ccccc7c65)nc5ccccc45)cc3)cccc2c1. The fourth-order valence-corrected chi connectivity index (χ4v) is 10.9. The number of nitrogens with zero attached hydrogens (tertiary/aromatic N) is 3. The number of hydrogen-bond donors (Lipinski definition) is 0. The minimum absolute atomic E-state index is 0.651. The van der Waals surface area contributed by atoms with Crippen LogP contribution in [-0.2, 0) is 0 Å². The highest BCUT2D eigenvalue weighted by molar-refractivity contribution is 7.25. The van der Waals surface area contributed by atoms with Crippen LogP contribution in [0.25, 0.3) is 125 Å². The van der Waals surface area contributed by atoms with Crippen molar-refractivity contribution in [1.29, 1.82) is 0 Å². The van der Waals surface area contributed by atoms with Gasteiger partial charge in [-0.3, -0.25) is 4.57 Å². The summed E-state index contributed by atoms with van der Waals surface area (Å²) in [5, 5.41) is 13.3. The van der Waals surface area contributed by atoms with E-state index in [9.17, 15) is 0 Å². The molecule has 0 N–H and O–H groups in total. The molecule has 3 heterocycles. The Morgan fingerprint density at radius 2 is 0.933 bits per heavy atom. The molecule has 0 aliphatic carbocycles. The van der Waals surface area contributed by atoms with Gasteiger partial charge >= 0.3 is 0 Å². The summed E-state index contributed by atoms with van der Waals surface area (Å²) in [6.07, 6.45) is 0. The van der Waals surface area contributed by atoms with Crippen LogP contribution in [-0.4, -0.2) is 14.5 Å². The number of fused-ring (bicyclic) bond motifs is 13. The second-order valence-corrected chi connectivity index (χ2v) is 16.7. The second-order valence-electron chi connectivity index (χ2n) is 15.7. The fourth-order valence-electron chi connectivity index (χ4n) is 9.72. The summed E-state index contributed by atoms with van der Waals surface area (Å²) in [7, 11) is 0. The lowest BCUT2D eigenvalue weighted by Crippen LogP contribution is -2.04. The van der Waals surface area contributed by atoms with Crippen molar-refractivity contribution in [2.24, 2.45) is 0 Å². The van der Waals surface area contributed by atoms with E-state index in [1.165, 1.54) is 80.0 Å². The van der Waals surface area contributed by atoms with Crippen molar-refractivity contribution in [2.75, 3.05) is 0 Å². The lowest BCUT2D eigenvalue weighted by atomic mass is 9.96. The standard InChI is InChI=1S/C56H33N3S/c1-2-15-38-34(13-1)14-11-22-39(38)35-27-29-36(30-28-35)53-47-21-7-9-25-49(47)57-56(58-53)59-54-40(37-31-32-44-43-18-8-10-26-50(43)60-51(44)33-37)23-12-24-48(54)52-45-19-5-3-16-41(45)42-17-4-6-20-46(42)55(52)59/h1-33H. The van der Waals surface area contributed by atoms with E-state index in [-0.39, 0.29) is 0 Å². The molecular formula is C56H33N3S. The first-order valence-corrected chi connectivity index (χ1v) is 21.2. The molecule has 13 aromatic rings. The molecule has 60 heavy (non-hydrogen) atoms. The lowest BCUT2D eigenvalue weighted by Gasteiger charge is -2.15. The molecule has 0 unspecified atom stereocenters. The zero-order valence-electron chi connectivity index (χ0n) is 32.3. The molecule has 0 atom stereocenters. The molecule has 278 valence electrons. The van der Waals surface area contributed by atoms with E-state index in [4.69, 9.17) is 9.97 Å². The average molecular weight is 780 g/mol. The molecule has 0 aliphatic rings.